The van der Waals surface area contributed by atoms with Crippen LogP contribution < -0.4 is 4.18 Å². The van der Waals surface area contributed by atoms with Gasteiger partial charge in [0.25, 0.3) is 0 Å². The molecule has 0 bridgehead atoms. The molecule has 1 aromatic heterocycles. The van der Waals surface area contributed by atoms with Gasteiger partial charge in [-0.3, -0.25) is 0 Å². The topological polar surface area (TPSA) is 98.7 Å². The van der Waals surface area contributed by atoms with Gasteiger partial charge in [-0.05, 0) is 25.8 Å². The number of alkyl halides is 3. The summed E-state index contributed by atoms with van der Waals surface area (Å²) in [5.74, 6) is -1.00. The van der Waals surface area contributed by atoms with Gasteiger partial charge in [-0.1, -0.05) is 51.1 Å². The Morgan fingerprint density at radius 2 is 1.63 bits per heavy atom. The Morgan fingerprint density at radius 1 is 1.03 bits per heavy atom. The molecule has 0 radical (unpaired) electrons. The second-order valence-electron chi connectivity index (χ2n) is 7.85. The van der Waals surface area contributed by atoms with Crippen LogP contribution in [0.5, 0.6) is 5.88 Å². The van der Waals surface area contributed by atoms with Crippen LogP contribution in [0.1, 0.15) is 63.2 Å². The van der Waals surface area contributed by atoms with E-state index in [2.05, 4.69) is 14.2 Å². The molecule has 1 atom stereocenters. The summed E-state index contributed by atoms with van der Waals surface area (Å²) in [5, 5.41) is 0. The van der Waals surface area contributed by atoms with Crippen molar-refractivity contribution in [3.8, 4) is 5.88 Å². The van der Waals surface area contributed by atoms with E-state index < -0.39 is 33.5 Å². The lowest BCUT2D eigenvalue weighted by atomic mass is 10.00. The van der Waals surface area contributed by atoms with Gasteiger partial charge in [0.1, 0.15) is 5.82 Å². The average Bonchev–Trinajstić information content (AvgIpc) is 3.02. The Balaban J connectivity index is 0.00000210. The van der Waals surface area contributed by atoms with Crippen molar-refractivity contribution in [3.05, 3.63) is 53.0 Å². The van der Waals surface area contributed by atoms with Crippen molar-refractivity contribution in [1.29, 1.82) is 0 Å². The summed E-state index contributed by atoms with van der Waals surface area (Å²) >= 11 is 0. The number of amides is 1. The van der Waals surface area contributed by atoms with Gasteiger partial charge in [-0.25, -0.2) is 9.78 Å². The van der Waals surface area contributed by atoms with Crippen LogP contribution >= 0.6 is 0 Å². The first kappa shape index (κ1) is 28.3. The first-order chi connectivity index (χ1) is 16.4. The minimum Gasteiger partial charge on any atom is -0.447 e. The summed E-state index contributed by atoms with van der Waals surface area (Å²) in [6.45, 7) is 9.42. The van der Waals surface area contributed by atoms with Crippen molar-refractivity contribution in [2.24, 2.45) is 0 Å². The second-order valence-corrected chi connectivity index (χ2v) is 9.39. The molecule has 35 heavy (non-hydrogen) atoms. The molecule has 12 heteroatoms. The third-order valence-electron chi connectivity index (χ3n) is 5.08. The van der Waals surface area contributed by atoms with E-state index in [1.807, 2.05) is 19.9 Å². The van der Waals surface area contributed by atoms with Crippen molar-refractivity contribution in [2.75, 3.05) is 13.1 Å². The molecule has 3 rings (SSSR count). The van der Waals surface area contributed by atoms with Gasteiger partial charge in [0, 0.05) is 31.0 Å². The number of carbonyl (C=O) groups is 1. The van der Waals surface area contributed by atoms with E-state index in [0.29, 0.717) is 5.69 Å². The van der Waals surface area contributed by atoms with Crippen molar-refractivity contribution in [2.45, 2.75) is 65.0 Å². The Morgan fingerprint density at radius 3 is 2.20 bits per heavy atom. The van der Waals surface area contributed by atoms with Gasteiger partial charge in [0.15, 0.2) is 0 Å². The fourth-order valence-corrected chi connectivity index (χ4v) is 3.79. The molecule has 0 spiro atoms. The molecule has 1 amide bonds. The number of hydrogen-bond acceptors (Lipinski definition) is 7. The summed E-state index contributed by atoms with van der Waals surface area (Å²) < 4.78 is 72.2. The SMILES string of the molecule is CC.CC(C)OC(=O)N1CCc2nc(C(C)c3ccccc3)nc(OS(=O)(=O)C(F)(F)F)c2CC1. The second kappa shape index (κ2) is 11.7. The van der Waals surface area contributed by atoms with E-state index in [1.54, 1.807) is 45.0 Å². The maximum Gasteiger partial charge on any atom is 0.534 e. The molecular formula is C23H30F3N3O5S. The lowest BCUT2D eigenvalue weighted by Crippen LogP contribution is -2.35. The van der Waals surface area contributed by atoms with Crippen LogP contribution in [-0.4, -0.2) is 54.1 Å². The highest BCUT2D eigenvalue weighted by Crippen LogP contribution is 2.32. The summed E-state index contributed by atoms with van der Waals surface area (Å²) in [6.07, 6.45) is -0.751. The Bertz CT molecular complexity index is 1110. The number of fused-ring (bicyclic) bond motifs is 1. The number of aromatic nitrogens is 2. The van der Waals surface area contributed by atoms with Crippen LogP contribution in [0.3, 0.4) is 0 Å². The first-order valence-electron chi connectivity index (χ1n) is 11.3. The highest BCUT2D eigenvalue weighted by molar-refractivity contribution is 7.87. The van der Waals surface area contributed by atoms with Gasteiger partial charge in [-0.2, -0.15) is 26.6 Å². The van der Waals surface area contributed by atoms with E-state index in [4.69, 9.17) is 4.74 Å². The zero-order valence-corrected chi connectivity index (χ0v) is 21.1. The van der Waals surface area contributed by atoms with Crippen LogP contribution in [0.25, 0.3) is 0 Å². The summed E-state index contributed by atoms with van der Waals surface area (Å²) in [4.78, 5) is 22.3. The van der Waals surface area contributed by atoms with Gasteiger partial charge >= 0.3 is 21.7 Å². The third kappa shape index (κ3) is 7.06. The van der Waals surface area contributed by atoms with Crippen LogP contribution in [-0.2, 0) is 27.7 Å². The Hall–Kier alpha value is -2.89. The number of benzene rings is 1. The maximum absolute atomic E-state index is 13.0. The number of halogens is 3. The molecule has 194 valence electrons. The molecule has 1 unspecified atom stereocenters. The lowest BCUT2D eigenvalue weighted by Gasteiger charge is -2.21. The zero-order valence-electron chi connectivity index (χ0n) is 20.3. The standard InChI is InChI=1S/C21H24F3N3O5S.C2H6/c1-13(2)31-20(28)27-11-9-16-17(10-12-27)25-18(14(3)15-7-5-4-6-8-15)26-19(16)32-33(29,30)21(22,23)24;1-2/h4-8,13-14H,9-12H2,1-3H3;1-2H3. The van der Waals surface area contributed by atoms with E-state index in [0.717, 1.165) is 5.56 Å². The molecule has 0 saturated carbocycles. The first-order valence-corrected chi connectivity index (χ1v) is 12.7. The van der Waals surface area contributed by atoms with E-state index >= 15 is 0 Å². The summed E-state index contributed by atoms with van der Waals surface area (Å²) in [5.41, 5.74) is -4.38. The normalized spacial score (nSPS) is 14.8. The molecule has 1 aliphatic heterocycles. The summed E-state index contributed by atoms with van der Waals surface area (Å²) in [6, 6.07) is 8.99. The van der Waals surface area contributed by atoms with Crippen LogP contribution in [0.4, 0.5) is 18.0 Å². The minimum absolute atomic E-state index is 0.00520. The maximum atomic E-state index is 13.0. The van der Waals surface area contributed by atoms with Crippen molar-refractivity contribution < 1.29 is 35.3 Å². The molecule has 2 heterocycles. The zero-order chi connectivity index (χ0) is 26.4. The number of ether oxygens (including phenoxy) is 1. The number of nitrogens with zero attached hydrogens (tertiary/aromatic N) is 3. The van der Waals surface area contributed by atoms with Crippen LogP contribution in [0, 0.1) is 0 Å². The number of carbonyl (C=O) groups excluding carboxylic acids is 1. The monoisotopic (exact) mass is 517 g/mol. The average molecular weight is 518 g/mol. The minimum atomic E-state index is -5.94. The smallest absolute Gasteiger partial charge is 0.447 e. The van der Waals surface area contributed by atoms with Gasteiger partial charge in [0.2, 0.25) is 5.88 Å². The van der Waals surface area contributed by atoms with Crippen molar-refractivity contribution in [1.82, 2.24) is 14.9 Å². The molecule has 1 aliphatic rings. The largest absolute Gasteiger partial charge is 0.534 e. The predicted octanol–water partition coefficient (Wildman–Crippen LogP) is 4.83. The van der Waals surface area contributed by atoms with E-state index in [-0.39, 0.29) is 43.4 Å². The van der Waals surface area contributed by atoms with Crippen LogP contribution in [0.2, 0.25) is 0 Å². The molecule has 0 fully saturated rings. The van der Waals surface area contributed by atoms with Crippen molar-refractivity contribution >= 4 is 16.2 Å². The van der Waals surface area contributed by atoms with E-state index in [9.17, 15) is 26.4 Å². The molecule has 1 aromatic carbocycles. The molecule has 0 N–H and O–H groups in total. The molecule has 0 saturated heterocycles. The predicted molar refractivity (Wildman–Crippen MR) is 124 cm³/mol. The number of rotatable bonds is 5. The van der Waals surface area contributed by atoms with Gasteiger partial charge < -0.3 is 13.8 Å². The Kier molecular flexibility index (Phi) is 9.47. The molecular weight excluding hydrogens is 487 g/mol. The fraction of sp³-hybridized carbons (Fsp3) is 0.522. The van der Waals surface area contributed by atoms with Crippen LogP contribution in [0.15, 0.2) is 30.3 Å². The van der Waals surface area contributed by atoms with Gasteiger partial charge in [0.05, 0.1) is 11.8 Å². The third-order valence-corrected chi connectivity index (χ3v) is 6.02. The molecule has 2 aromatic rings. The molecule has 0 aliphatic carbocycles. The van der Waals surface area contributed by atoms with E-state index in [1.165, 1.54) is 4.90 Å². The summed E-state index contributed by atoms with van der Waals surface area (Å²) in [7, 11) is -5.94. The highest BCUT2D eigenvalue weighted by Gasteiger charge is 2.49. The molecule has 8 nitrogen and oxygen atoms in total. The quantitative estimate of drug-likeness (QED) is 0.414. The number of hydrogen-bond donors (Lipinski definition) is 0. The van der Waals surface area contributed by atoms with Crippen molar-refractivity contribution in [3.63, 3.8) is 0 Å². The lowest BCUT2D eigenvalue weighted by molar-refractivity contribution is -0.0501. The fourth-order valence-electron chi connectivity index (χ4n) is 3.35. The van der Waals surface area contributed by atoms with Gasteiger partial charge in [-0.15, -0.1) is 0 Å². The highest BCUT2D eigenvalue weighted by atomic mass is 32.2. The Labute approximate surface area is 203 Å².